The second-order valence-electron chi connectivity index (χ2n) is 2.17. The minimum absolute atomic E-state index is 0.560. The maximum Gasteiger partial charge on any atom is -0.0386 e. The largest absolute Gasteiger partial charge is 0.0622 e. The molecule has 0 bridgehead atoms. The summed E-state index contributed by atoms with van der Waals surface area (Å²) in [5.74, 6) is 1.23. The van der Waals surface area contributed by atoms with E-state index in [1.165, 1.54) is 0 Å². The molecule has 0 saturated heterocycles. The molecule has 0 aliphatic rings. The van der Waals surface area contributed by atoms with Crippen LogP contribution in [-0.2, 0) is 0 Å². The van der Waals surface area contributed by atoms with Crippen molar-refractivity contribution in [1.29, 1.82) is 0 Å². The van der Waals surface area contributed by atoms with Crippen molar-refractivity contribution in [2.24, 2.45) is 11.8 Å². The highest BCUT2D eigenvalue weighted by molar-refractivity contribution is 4.72. The van der Waals surface area contributed by atoms with E-state index in [0.29, 0.717) is 11.8 Å². The molecule has 0 heteroatoms. The standard InChI is InChI=1S/C7H14/c1-5-7(4)6(2)3/h5-7H,2H2,1,3-4H3. The van der Waals surface area contributed by atoms with Gasteiger partial charge in [-0.05, 0) is 18.3 Å². The molecule has 0 N–H and O–H groups in total. The van der Waals surface area contributed by atoms with Crippen LogP contribution in [0.1, 0.15) is 20.8 Å². The molecule has 7 heavy (non-hydrogen) atoms. The fourth-order valence-electron chi connectivity index (χ4n) is 0.329. The van der Waals surface area contributed by atoms with Crippen molar-refractivity contribution in [3.63, 3.8) is 0 Å². The third-order valence-corrected chi connectivity index (χ3v) is 1.42. The Morgan fingerprint density at radius 3 is 1.86 bits per heavy atom. The first-order chi connectivity index (χ1) is 3.18. The molecular formula is C7H14. The van der Waals surface area contributed by atoms with Crippen molar-refractivity contribution >= 4 is 0 Å². The van der Waals surface area contributed by atoms with E-state index in [1.807, 2.05) is 0 Å². The number of rotatable bonds is 2. The number of hydrogen-bond acceptors (Lipinski definition) is 0. The third-order valence-electron chi connectivity index (χ3n) is 1.42. The van der Waals surface area contributed by atoms with E-state index < -0.39 is 0 Å². The average Bonchev–Trinajstić information content (AvgIpc) is 1.65. The Morgan fingerprint density at radius 1 is 1.43 bits per heavy atom. The summed E-state index contributed by atoms with van der Waals surface area (Å²) in [7, 11) is 0. The minimum atomic E-state index is 0.560. The average molecular weight is 98.2 g/mol. The van der Waals surface area contributed by atoms with Gasteiger partial charge >= 0.3 is 0 Å². The molecular weight excluding hydrogens is 84.1 g/mol. The van der Waals surface area contributed by atoms with Gasteiger partial charge in [0.25, 0.3) is 0 Å². The Hall–Kier alpha value is 0. The lowest BCUT2D eigenvalue weighted by atomic mass is 9.96. The number of hydrogen-bond donors (Lipinski definition) is 0. The highest BCUT2D eigenvalue weighted by Gasteiger charge is 2.01. The quantitative estimate of drug-likeness (QED) is 0.497. The summed E-state index contributed by atoms with van der Waals surface area (Å²) in [5, 5.41) is 0. The van der Waals surface area contributed by atoms with Gasteiger partial charge in [-0.1, -0.05) is 27.7 Å². The molecule has 0 nitrogen and oxygen atoms in total. The first kappa shape index (κ1) is 7.00. The lowest BCUT2D eigenvalue weighted by molar-refractivity contribution is 0.520. The zero-order valence-corrected chi connectivity index (χ0v) is 5.44. The first-order valence-electron chi connectivity index (χ1n) is 2.81. The molecule has 0 heterocycles. The molecule has 0 aromatic carbocycles. The Bertz CT molecular complexity index is 37.3. The van der Waals surface area contributed by atoms with Crippen molar-refractivity contribution in [3.8, 4) is 0 Å². The zero-order valence-electron chi connectivity index (χ0n) is 5.44. The van der Waals surface area contributed by atoms with Crippen LogP contribution in [0.25, 0.3) is 0 Å². The molecule has 0 fully saturated rings. The van der Waals surface area contributed by atoms with Gasteiger partial charge in [0.15, 0.2) is 0 Å². The van der Waals surface area contributed by atoms with Gasteiger partial charge in [-0.15, -0.1) is 0 Å². The molecule has 0 saturated carbocycles. The first-order valence-corrected chi connectivity index (χ1v) is 2.81. The van der Waals surface area contributed by atoms with Crippen LogP contribution in [0.3, 0.4) is 0 Å². The van der Waals surface area contributed by atoms with Crippen LogP contribution < -0.4 is 0 Å². The normalized spacial score (nSPS) is 15.0. The Morgan fingerprint density at radius 2 is 1.86 bits per heavy atom. The summed E-state index contributed by atoms with van der Waals surface area (Å²) in [6, 6.07) is 0. The molecule has 0 aromatic heterocycles. The van der Waals surface area contributed by atoms with Crippen molar-refractivity contribution in [1.82, 2.24) is 0 Å². The van der Waals surface area contributed by atoms with Gasteiger partial charge in [0.2, 0.25) is 0 Å². The van der Waals surface area contributed by atoms with E-state index in [-0.39, 0.29) is 0 Å². The van der Waals surface area contributed by atoms with Gasteiger partial charge in [-0.2, -0.15) is 0 Å². The van der Waals surface area contributed by atoms with Crippen LogP contribution in [0.4, 0.5) is 0 Å². The molecule has 0 rings (SSSR count). The summed E-state index contributed by atoms with van der Waals surface area (Å²) in [6.45, 7) is 10.3. The van der Waals surface area contributed by atoms with Crippen molar-refractivity contribution in [2.45, 2.75) is 20.8 Å². The lowest BCUT2D eigenvalue weighted by Crippen LogP contribution is -2.01. The molecule has 0 aliphatic carbocycles. The highest BCUT2D eigenvalue weighted by Crippen LogP contribution is 2.10. The van der Waals surface area contributed by atoms with Crippen LogP contribution in [-0.4, -0.2) is 0 Å². The van der Waals surface area contributed by atoms with E-state index >= 15 is 0 Å². The molecule has 2 atom stereocenters. The van der Waals surface area contributed by atoms with E-state index in [4.69, 9.17) is 0 Å². The van der Waals surface area contributed by atoms with Crippen molar-refractivity contribution in [3.05, 3.63) is 13.3 Å². The molecule has 0 aliphatic heterocycles. The van der Waals surface area contributed by atoms with Crippen LogP contribution in [0.5, 0.6) is 0 Å². The highest BCUT2D eigenvalue weighted by atomic mass is 14.1. The molecule has 0 spiro atoms. The Balaban J connectivity index is 3.14. The van der Waals surface area contributed by atoms with Crippen LogP contribution in [0, 0.1) is 25.2 Å². The second kappa shape index (κ2) is 3.06. The van der Waals surface area contributed by atoms with Gasteiger partial charge < -0.3 is 0 Å². The fourth-order valence-corrected chi connectivity index (χ4v) is 0.329. The van der Waals surface area contributed by atoms with E-state index in [9.17, 15) is 0 Å². The molecule has 0 amide bonds. The van der Waals surface area contributed by atoms with Crippen molar-refractivity contribution < 1.29 is 0 Å². The summed E-state index contributed by atoms with van der Waals surface area (Å²) < 4.78 is 0. The van der Waals surface area contributed by atoms with Crippen LogP contribution in [0.2, 0.25) is 0 Å². The van der Waals surface area contributed by atoms with Gasteiger partial charge in [0.05, 0.1) is 0 Å². The lowest BCUT2D eigenvalue weighted by Gasteiger charge is -2.10. The summed E-state index contributed by atoms with van der Waals surface area (Å²) in [6.07, 6.45) is 2.18. The summed E-state index contributed by atoms with van der Waals surface area (Å²) in [5.41, 5.74) is 0. The second-order valence-corrected chi connectivity index (χ2v) is 2.17. The summed E-state index contributed by atoms with van der Waals surface area (Å²) in [4.78, 5) is 0. The Kier molecular flexibility index (Phi) is 3.06. The fraction of sp³-hybridized carbons (Fsp3) is 0.714. The topological polar surface area (TPSA) is 0 Å². The third kappa shape index (κ3) is 2.67. The molecule has 42 valence electrons. The van der Waals surface area contributed by atoms with Crippen LogP contribution >= 0.6 is 0 Å². The van der Waals surface area contributed by atoms with Gasteiger partial charge in [0.1, 0.15) is 0 Å². The van der Waals surface area contributed by atoms with Gasteiger partial charge in [0, 0.05) is 0 Å². The molecule has 2 unspecified atom stereocenters. The maximum atomic E-state index is 3.88. The SMILES string of the molecule is [CH2]C(C)C(C)[CH]C. The van der Waals surface area contributed by atoms with E-state index in [1.54, 1.807) is 0 Å². The van der Waals surface area contributed by atoms with Crippen molar-refractivity contribution in [2.75, 3.05) is 0 Å². The minimum Gasteiger partial charge on any atom is -0.0622 e. The molecule has 0 aromatic rings. The molecule has 2 radical (unpaired) electrons. The van der Waals surface area contributed by atoms with Gasteiger partial charge in [-0.3, -0.25) is 0 Å². The maximum absolute atomic E-state index is 3.88. The van der Waals surface area contributed by atoms with E-state index in [2.05, 4.69) is 34.1 Å². The zero-order chi connectivity index (χ0) is 5.86. The predicted molar refractivity (Wildman–Crippen MR) is 33.7 cm³/mol. The summed E-state index contributed by atoms with van der Waals surface area (Å²) >= 11 is 0. The van der Waals surface area contributed by atoms with Gasteiger partial charge in [-0.25, -0.2) is 0 Å². The smallest absolute Gasteiger partial charge is 0.0386 e. The monoisotopic (exact) mass is 98.1 g/mol. The van der Waals surface area contributed by atoms with Crippen LogP contribution in [0.15, 0.2) is 0 Å². The Labute approximate surface area is 46.9 Å². The van der Waals surface area contributed by atoms with E-state index in [0.717, 1.165) is 0 Å². The predicted octanol–water partition coefficient (Wildman–Crippen LogP) is 2.32.